The van der Waals surface area contributed by atoms with Crippen molar-refractivity contribution >= 4 is 16.0 Å². The van der Waals surface area contributed by atoms with Gasteiger partial charge in [0.05, 0.1) is 0 Å². The number of aliphatic carboxylic acids is 1. The van der Waals surface area contributed by atoms with Crippen molar-refractivity contribution in [2.75, 3.05) is 6.54 Å². The maximum atomic E-state index is 12.2. The SMILES string of the molecule is CCc1ccc(S(=O)(=O)N2CCC2(C)C(=O)O)o1. The summed E-state index contributed by atoms with van der Waals surface area (Å²) in [6, 6.07) is 2.96. The third-order valence-electron chi connectivity index (χ3n) is 3.34. The Morgan fingerprint density at radius 1 is 1.56 bits per heavy atom. The van der Waals surface area contributed by atoms with E-state index >= 15 is 0 Å². The summed E-state index contributed by atoms with van der Waals surface area (Å²) in [5, 5.41) is 8.90. The second kappa shape index (κ2) is 4.10. The molecule has 0 saturated carbocycles. The van der Waals surface area contributed by atoms with Gasteiger partial charge in [-0.2, -0.15) is 4.31 Å². The number of sulfonamides is 1. The van der Waals surface area contributed by atoms with Crippen LogP contribution in [0.1, 0.15) is 26.0 Å². The van der Waals surface area contributed by atoms with Crippen molar-refractivity contribution < 1.29 is 22.7 Å². The standard InChI is InChI=1S/C11H15NO5S/c1-3-8-4-5-9(17-8)18(15,16)12-7-6-11(12,2)10(13)14/h4-5H,3,6-7H2,1-2H3,(H,13,14). The van der Waals surface area contributed by atoms with Gasteiger partial charge in [0, 0.05) is 13.0 Å². The molecule has 18 heavy (non-hydrogen) atoms. The lowest BCUT2D eigenvalue weighted by molar-refractivity contribution is -0.153. The van der Waals surface area contributed by atoms with Crippen molar-refractivity contribution in [2.24, 2.45) is 0 Å². The minimum Gasteiger partial charge on any atom is -0.480 e. The third-order valence-corrected chi connectivity index (χ3v) is 5.24. The number of hydrogen-bond acceptors (Lipinski definition) is 4. The van der Waals surface area contributed by atoms with Crippen LogP contribution in [0.15, 0.2) is 21.6 Å². The Balaban J connectivity index is 2.35. The summed E-state index contributed by atoms with van der Waals surface area (Å²) in [6.07, 6.45) is 0.897. The molecular formula is C11H15NO5S. The first-order chi connectivity index (χ1) is 8.32. The Hall–Kier alpha value is -1.34. The lowest BCUT2D eigenvalue weighted by Gasteiger charge is -2.45. The van der Waals surface area contributed by atoms with Crippen LogP contribution >= 0.6 is 0 Å². The van der Waals surface area contributed by atoms with E-state index in [4.69, 9.17) is 9.52 Å². The van der Waals surface area contributed by atoms with Crippen LogP contribution < -0.4 is 0 Å². The highest BCUT2D eigenvalue weighted by Crippen LogP contribution is 2.36. The molecule has 1 saturated heterocycles. The van der Waals surface area contributed by atoms with E-state index in [1.165, 1.54) is 13.0 Å². The largest absolute Gasteiger partial charge is 0.480 e. The van der Waals surface area contributed by atoms with E-state index < -0.39 is 21.5 Å². The second-order valence-corrected chi connectivity index (χ2v) is 6.27. The molecule has 0 bridgehead atoms. The predicted molar refractivity (Wildman–Crippen MR) is 62.6 cm³/mol. The van der Waals surface area contributed by atoms with Gasteiger partial charge in [0.15, 0.2) is 0 Å². The third kappa shape index (κ3) is 1.74. The maximum absolute atomic E-state index is 12.2. The Bertz CT molecular complexity index is 576. The van der Waals surface area contributed by atoms with Crippen LogP contribution in [0.5, 0.6) is 0 Å². The van der Waals surface area contributed by atoms with Gasteiger partial charge in [-0.15, -0.1) is 0 Å². The number of rotatable bonds is 4. The van der Waals surface area contributed by atoms with E-state index in [2.05, 4.69) is 0 Å². The smallest absolute Gasteiger partial charge is 0.324 e. The molecule has 1 aromatic rings. The number of furan rings is 1. The lowest BCUT2D eigenvalue weighted by Crippen LogP contribution is -2.64. The Labute approximate surface area is 105 Å². The van der Waals surface area contributed by atoms with Crippen molar-refractivity contribution in [3.63, 3.8) is 0 Å². The fourth-order valence-corrected chi connectivity index (χ4v) is 3.63. The highest BCUT2D eigenvalue weighted by Gasteiger charge is 2.54. The first-order valence-electron chi connectivity index (χ1n) is 5.67. The van der Waals surface area contributed by atoms with Gasteiger partial charge in [0.2, 0.25) is 5.09 Å². The fourth-order valence-electron chi connectivity index (χ4n) is 1.93. The highest BCUT2D eigenvalue weighted by atomic mass is 32.2. The van der Waals surface area contributed by atoms with E-state index in [9.17, 15) is 13.2 Å². The minimum absolute atomic E-state index is 0.188. The van der Waals surface area contributed by atoms with Crippen molar-refractivity contribution in [2.45, 2.75) is 37.3 Å². The van der Waals surface area contributed by atoms with Crippen LogP contribution in [0.25, 0.3) is 0 Å². The molecule has 0 aromatic carbocycles. The van der Waals surface area contributed by atoms with E-state index in [1.807, 2.05) is 6.92 Å². The topological polar surface area (TPSA) is 87.8 Å². The normalized spacial score (nSPS) is 24.8. The molecule has 0 spiro atoms. The van der Waals surface area contributed by atoms with Gasteiger partial charge in [0.1, 0.15) is 11.3 Å². The molecule has 0 amide bonds. The van der Waals surface area contributed by atoms with Crippen LogP contribution in [0.2, 0.25) is 0 Å². The van der Waals surface area contributed by atoms with Crippen molar-refractivity contribution in [3.05, 3.63) is 17.9 Å². The van der Waals surface area contributed by atoms with Crippen molar-refractivity contribution in [3.8, 4) is 0 Å². The first-order valence-corrected chi connectivity index (χ1v) is 7.11. The zero-order valence-corrected chi connectivity index (χ0v) is 11.0. The Morgan fingerprint density at radius 3 is 2.61 bits per heavy atom. The Morgan fingerprint density at radius 2 is 2.22 bits per heavy atom. The summed E-state index contributed by atoms with van der Waals surface area (Å²) >= 11 is 0. The quantitative estimate of drug-likeness (QED) is 0.886. The molecule has 6 nitrogen and oxygen atoms in total. The first kappa shape index (κ1) is 13.1. The number of nitrogens with zero attached hydrogens (tertiary/aromatic N) is 1. The van der Waals surface area contributed by atoms with Gasteiger partial charge in [-0.1, -0.05) is 6.92 Å². The van der Waals surface area contributed by atoms with Gasteiger partial charge in [-0.3, -0.25) is 4.79 Å². The van der Waals surface area contributed by atoms with Crippen LogP contribution in [0.3, 0.4) is 0 Å². The Kier molecular flexibility index (Phi) is 2.98. The summed E-state index contributed by atoms with van der Waals surface area (Å²) in [5.74, 6) is -0.578. The highest BCUT2D eigenvalue weighted by molar-refractivity contribution is 7.89. The lowest BCUT2D eigenvalue weighted by atomic mass is 9.90. The van der Waals surface area contributed by atoms with Gasteiger partial charge in [-0.05, 0) is 25.5 Å². The minimum atomic E-state index is -3.86. The fraction of sp³-hybridized carbons (Fsp3) is 0.545. The average molecular weight is 273 g/mol. The number of carboxylic acids is 1. The molecule has 1 N–H and O–H groups in total. The summed E-state index contributed by atoms with van der Waals surface area (Å²) in [4.78, 5) is 11.1. The second-order valence-electron chi connectivity index (χ2n) is 4.48. The van der Waals surface area contributed by atoms with E-state index in [1.54, 1.807) is 6.07 Å². The maximum Gasteiger partial charge on any atom is 0.324 e. The summed E-state index contributed by atoms with van der Waals surface area (Å²) in [5.41, 5.74) is -1.36. The predicted octanol–water partition coefficient (Wildman–Crippen LogP) is 1.08. The van der Waals surface area contributed by atoms with Gasteiger partial charge in [0.25, 0.3) is 10.0 Å². The molecule has 1 unspecified atom stereocenters. The van der Waals surface area contributed by atoms with Crippen LogP contribution in [0, 0.1) is 0 Å². The number of carbonyl (C=O) groups is 1. The molecule has 2 heterocycles. The molecular weight excluding hydrogens is 258 g/mol. The molecule has 1 aliphatic rings. The molecule has 0 aliphatic carbocycles. The van der Waals surface area contributed by atoms with Gasteiger partial charge >= 0.3 is 5.97 Å². The average Bonchev–Trinajstić information content (AvgIpc) is 2.74. The summed E-state index contributed by atoms with van der Waals surface area (Å²) < 4.78 is 30.6. The molecule has 1 aliphatic heterocycles. The zero-order chi connectivity index (χ0) is 13.6. The molecule has 1 fully saturated rings. The van der Waals surface area contributed by atoms with E-state index in [-0.39, 0.29) is 11.6 Å². The summed E-state index contributed by atoms with van der Waals surface area (Å²) in [6.45, 7) is 3.45. The molecule has 2 rings (SSSR count). The van der Waals surface area contributed by atoms with Gasteiger partial charge in [-0.25, -0.2) is 8.42 Å². The number of aryl methyl sites for hydroxylation is 1. The van der Waals surface area contributed by atoms with Crippen LogP contribution in [-0.2, 0) is 21.2 Å². The van der Waals surface area contributed by atoms with E-state index in [0.717, 1.165) is 4.31 Å². The van der Waals surface area contributed by atoms with Crippen molar-refractivity contribution in [1.29, 1.82) is 0 Å². The molecule has 1 atom stereocenters. The number of carboxylic acid groups (broad SMARTS) is 1. The molecule has 0 radical (unpaired) electrons. The van der Waals surface area contributed by atoms with Gasteiger partial charge < -0.3 is 9.52 Å². The van der Waals surface area contributed by atoms with Crippen molar-refractivity contribution in [1.82, 2.24) is 4.31 Å². The monoisotopic (exact) mass is 273 g/mol. The summed E-state index contributed by atoms with van der Waals surface area (Å²) in [7, 11) is -3.86. The molecule has 100 valence electrons. The molecule has 7 heteroatoms. The van der Waals surface area contributed by atoms with E-state index in [0.29, 0.717) is 18.6 Å². The molecule has 1 aromatic heterocycles. The zero-order valence-electron chi connectivity index (χ0n) is 10.2. The van der Waals surface area contributed by atoms with Crippen LogP contribution in [0.4, 0.5) is 0 Å². The number of hydrogen-bond donors (Lipinski definition) is 1. The van der Waals surface area contributed by atoms with Crippen LogP contribution in [-0.4, -0.2) is 35.9 Å².